The molecule has 0 spiro atoms. The lowest BCUT2D eigenvalue weighted by atomic mass is 10.0. The highest BCUT2D eigenvalue weighted by Gasteiger charge is 2.27. The van der Waals surface area contributed by atoms with Gasteiger partial charge in [0.05, 0.1) is 17.4 Å². The predicted molar refractivity (Wildman–Crippen MR) is 72.0 cm³/mol. The molecule has 1 aromatic carbocycles. The summed E-state index contributed by atoms with van der Waals surface area (Å²) in [6.07, 6.45) is 5.33. The molecule has 0 saturated carbocycles. The van der Waals surface area contributed by atoms with Crippen LogP contribution in [0.5, 0.6) is 0 Å². The maximum atomic E-state index is 13.4. The molecule has 1 aliphatic heterocycles. The average Bonchev–Trinajstić information content (AvgIpc) is 2.88. The van der Waals surface area contributed by atoms with Crippen molar-refractivity contribution in [1.82, 2.24) is 14.9 Å². The molecule has 104 valence electrons. The summed E-state index contributed by atoms with van der Waals surface area (Å²) in [7, 11) is 2.04. The van der Waals surface area contributed by atoms with E-state index in [0.29, 0.717) is 11.3 Å². The van der Waals surface area contributed by atoms with E-state index in [1.54, 1.807) is 18.5 Å². The largest absolute Gasteiger partial charge is 0.298 e. The summed E-state index contributed by atoms with van der Waals surface area (Å²) in [4.78, 5) is 11.0. The van der Waals surface area contributed by atoms with E-state index in [-0.39, 0.29) is 6.04 Å². The molecule has 5 heteroatoms. The van der Waals surface area contributed by atoms with Crippen LogP contribution >= 0.6 is 0 Å². The molecule has 1 atom stereocenters. The number of nitrogens with zero attached hydrogens (tertiary/aromatic N) is 3. The Morgan fingerprint density at radius 3 is 2.65 bits per heavy atom. The first-order valence-corrected chi connectivity index (χ1v) is 6.63. The number of benzene rings is 1. The zero-order chi connectivity index (χ0) is 14.1. The zero-order valence-corrected chi connectivity index (χ0v) is 11.2. The maximum absolute atomic E-state index is 13.4. The molecule has 1 unspecified atom stereocenters. The molecular weight excluding hydrogens is 260 g/mol. The third-order valence-corrected chi connectivity index (χ3v) is 3.76. The second-order valence-electron chi connectivity index (χ2n) is 5.06. The van der Waals surface area contributed by atoms with Crippen molar-refractivity contribution in [2.24, 2.45) is 0 Å². The van der Waals surface area contributed by atoms with Crippen LogP contribution in [0.25, 0.3) is 11.3 Å². The Bertz CT molecular complexity index is 630. The van der Waals surface area contributed by atoms with Crippen molar-refractivity contribution in [3.05, 3.63) is 47.9 Å². The molecule has 0 radical (unpaired) electrons. The van der Waals surface area contributed by atoms with Gasteiger partial charge < -0.3 is 0 Å². The normalized spacial score (nSPS) is 19.4. The molecule has 0 N–H and O–H groups in total. The maximum Gasteiger partial charge on any atom is 0.159 e. The van der Waals surface area contributed by atoms with Gasteiger partial charge in [0.2, 0.25) is 0 Å². The van der Waals surface area contributed by atoms with Gasteiger partial charge in [-0.05, 0) is 44.6 Å². The quantitative estimate of drug-likeness (QED) is 0.843. The minimum absolute atomic E-state index is 0.187. The fourth-order valence-electron chi connectivity index (χ4n) is 2.71. The second kappa shape index (κ2) is 5.25. The lowest BCUT2D eigenvalue weighted by Crippen LogP contribution is -2.19. The first-order valence-electron chi connectivity index (χ1n) is 6.63. The number of hydrogen-bond acceptors (Lipinski definition) is 3. The molecule has 3 nitrogen and oxygen atoms in total. The van der Waals surface area contributed by atoms with Crippen LogP contribution in [0.1, 0.15) is 24.6 Å². The van der Waals surface area contributed by atoms with Crippen LogP contribution in [-0.4, -0.2) is 28.5 Å². The van der Waals surface area contributed by atoms with E-state index >= 15 is 0 Å². The molecule has 1 saturated heterocycles. The van der Waals surface area contributed by atoms with E-state index in [1.807, 2.05) is 7.05 Å². The molecule has 1 aromatic heterocycles. The number of hydrogen-bond donors (Lipinski definition) is 0. The number of halogens is 2. The van der Waals surface area contributed by atoms with Crippen LogP contribution in [0.4, 0.5) is 8.78 Å². The Morgan fingerprint density at radius 2 is 1.95 bits per heavy atom. The van der Waals surface area contributed by atoms with Crippen LogP contribution < -0.4 is 0 Å². The molecule has 3 rings (SSSR count). The van der Waals surface area contributed by atoms with E-state index in [4.69, 9.17) is 0 Å². The van der Waals surface area contributed by atoms with Crippen molar-refractivity contribution in [2.45, 2.75) is 18.9 Å². The van der Waals surface area contributed by atoms with E-state index in [2.05, 4.69) is 14.9 Å². The molecule has 0 amide bonds. The summed E-state index contributed by atoms with van der Waals surface area (Å²) in [5.41, 5.74) is 2.02. The third kappa shape index (κ3) is 2.29. The van der Waals surface area contributed by atoms with Crippen molar-refractivity contribution in [3.63, 3.8) is 0 Å². The zero-order valence-electron chi connectivity index (χ0n) is 11.2. The Labute approximate surface area is 116 Å². The van der Waals surface area contributed by atoms with Crippen LogP contribution in [0.15, 0.2) is 30.6 Å². The van der Waals surface area contributed by atoms with Crippen LogP contribution in [-0.2, 0) is 0 Å². The summed E-state index contributed by atoms with van der Waals surface area (Å²) in [5.74, 6) is -1.71. The average molecular weight is 275 g/mol. The standard InChI is InChI=1S/C15H15F2N3/c1-20-8-2-3-13(20)15-14(18-6-7-19-15)10-4-5-11(16)12(17)9-10/h4-7,9,13H,2-3,8H2,1H3. The number of rotatable bonds is 2. The van der Waals surface area contributed by atoms with Crippen LogP contribution in [0.3, 0.4) is 0 Å². The third-order valence-electron chi connectivity index (χ3n) is 3.76. The van der Waals surface area contributed by atoms with Gasteiger partial charge in [0.15, 0.2) is 11.6 Å². The lowest BCUT2D eigenvalue weighted by molar-refractivity contribution is 0.312. The summed E-state index contributed by atoms with van der Waals surface area (Å²) >= 11 is 0. The highest BCUT2D eigenvalue weighted by Crippen LogP contribution is 2.34. The highest BCUT2D eigenvalue weighted by molar-refractivity contribution is 5.62. The van der Waals surface area contributed by atoms with Crippen molar-refractivity contribution in [1.29, 1.82) is 0 Å². The van der Waals surface area contributed by atoms with E-state index in [0.717, 1.165) is 31.1 Å². The summed E-state index contributed by atoms with van der Waals surface area (Å²) < 4.78 is 26.5. The van der Waals surface area contributed by atoms with E-state index in [9.17, 15) is 8.78 Å². The summed E-state index contributed by atoms with van der Waals surface area (Å²) in [6, 6.07) is 4.03. The van der Waals surface area contributed by atoms with Gasteiger partial charge in [-0.3, -0.25) is 14.9 Å². The minimum Gasteiger partial charge on any atom is -0.298 e. The van der Waals surface area contributed by atoms with Crippen molar-refractivity contribution >= 4 is 0 Å². The molecule has 1 aliphatic rings. The molecule has 2 heterocycles. The molecule has 2 aromatic rings. The highest BCUT2D eigenvalue weighted by atomic mass is 19.2. The molecular formula is C15H15F2N3. The molecule has 20 heavy (non-hydrogen) atoms. The van der Waals surface area contributed by atoms with E-state index < -0.39 is 11.6 Å². The first kappa shape index (κ1) is 13.1. The number of aromatic nitrogens is 2. The molecule has 0 aliphatic carbocycles. The van der Waals surface area contributed by atoms with E-state index in [1.165, 1.54) is 6.07 Å². The summed E-state index contributed by atoms with van der Waals surface area (Å²) in [6.45, 7) is 1.01. The van der Waals surface area contributed by atoms with Crippen molar-refractivity contribution < 1.29 is 8.78 Å². The van der Waals surface area contributed by atoms with Gasteiger partial charge >= 0.3 is 0 Å². The van der Waals surface area contributed by atoms with Crippen molar-refractivity contribution in [2.75, 3.05) is 13.6 Å². The van der Waals surface area contributed by atoms with Crippen LogP contribution in [0.2, 0.25) is 0 Å². The Hall–Kier alpha value is -1.88. The predicted octanol–water partition coefficient (Wildman–Crippen LogP) is 3.19. The lowest BCUT2D eigenvalue weighted by Gasteiger charge is -2.20. The first-order chi connectivity index (χ1) is 9.66. The van der Waals surface area contributed by atoms with Gasteiger partial charge in [-0.1, -0.05) is 0 Å². The minimum atomic E-state index is -0.862. The Balaban J connectivity index is 2.07. The fraction of sp³-hybridized carbons (Fsp3) is 0.333. The smallest absolute Gasteiger partial charge is 0.159 e. The SMILES string of the molecule is CN1CCCC1c1nccnc1-c1ccc(F)c(F)c1. The van der Waals surface area contributed by atoms with Crippen LogP contribution in [0, 0.1) is 11.6 Å². The van der Waals surface area contributed by atoms with Gasteiger partial charge in [0.25, 0.3) is 0 Å². The van der Waals surface area contributed by atoms with Gasteiger partial charge in [-0.25, -0.2) is 8.78 Å². The van der Waals surface area contributed by atoms with Gasteiger partial charge in [0, 0.05) is 18.0 Å². The fourth-order valence-corrected chi connectivity index (χ4v) is 2.71. The molecule has 1 fully saturated rings. The Morgan fingerprint density at radius 1 is 1.15 bits per heavy atom. The monoisotopic (exact) mass is 275 g/mol. The number of likely N-dealkylation sites (tertiary alicyclic amines) is 1. The van der Waals surface area contributed by atoms with Gasteiger partial charge in [-0.15, -0.1) is 0 Å². The topological polar surface area (TPSA) is 29.0 Å². The van der Waals surface area contributed by atoms with Gasteiger partial charge in [0.1, 0.15) is 0 Å². The Kier molecular flexibility index (Phi) is 3.44. The summed E-state index contributed by atoms with van der Waals surface area (Å²) in [5, 5.41) is 0. The van der Waals surface area contributed by atoms with Gasteiger partial charge in [-0.2, -0.15) is 0 Å². The second-order valence-corrected chi connectivity index (χ2v) is 5.06. The molecule has 0 bridgehead atoms. The van der Waals surface area contributed by atoms with Crippen molar-refractivity contribution in [3.8, 4) is 11.3 Å².